The lowest BCUT2D eigenvalue weighted by Crippen LogP contribution is -2.50. The minimum absolute atomic E-state index is 0.146. The SMILES string of the molecule is Cc1cc(F)c(O)c(C(=O)N2CCN(c3c4n(c5nc(C6=CCOCC6)nn5c3=O)CCC4)CC2)n1.O=CNc1ccc(C(F)(F)F)cc1Cl. The number of piperazine rings is 1. The van der Waals surface area contributed by atoms with Crippen LogP contribution in [0.4, 0.5) is 28.9 Å². The third-order valence-electron chi connectivity index (χ3n) is 8.54. The van der Waals surface area contributed by atoms with E-state index >= 15 is 0 Å². The van der Waals surface area contributed by atoms with Crippen LogP contribution in [0, 0.1) is 12.7 Å². The van der Waals surface area contributed by atoms with Gasteiger partial charge in [-0.25, -0.2) is 9.37 Å². The minimum atomic E-state index is -4.43. The van der Waals surface area contributed by atoms with Gasteiger partial charge in [0, 0.05) is 38.4 Å². The second kappa shape index (κ2) is 14.1. The zero-order valence-corrected chi connectivity index (χ0v) is 27.4. The van der Waals surface area contributed by atoms with E-state index in [0.29, 0.717) is 75.2 Å². The number of alkyl halides is 3. The van der Waals surface area contributed by atoms with E-state index in [2.05, 4.69) is 20.0 Å². The number of aryl methyl sites for hydroxylation is 2. The van der Waals surface area contributed by atoms with Crippen molar-refractivity contribution in [2.75, 3.05) is 49.6 Å². The lowest BCUT2D eigenvalue weighted by molar-refractivity contribution is -0.137. The molecule has 7 rings (SSSR count). The standard InChI is InChI=1S/C24H26FN7O4.C8H5ClF3NO/c1-14-13-16(25)20(33)18(26-14)22(34)30-9-7-29(8-10-30)19-17-3-2-6-31(17)24-27-21(28-32(24)23(19)35)15-4-11-36-12-5-15;9-6-3-5(8(10,11)12)1-2-7(6)13-4-14/h4,13,33H,2-3,5-12H2,1H3;1-4H,(H,13,14). The lowest BCUT2D eigenvalue weighted by atomic mass is 10.1. The van der Waals surface area contributed by atoms with Gasteiger partial charge in [0.25, 0.3) is 11.5 Å². The Morgan fingerprint density at radius 2 is 1.86 bits per heavy atom. The fourth-order valence-corrected chi connectivity index (χ4v) is 6.33. The molecule has 3 aliphatic rings. The van der Waals surface area contributed by atoms with Crippen molar-refractivity contribution in [1.82, 2.24) is 29.0 Å². The summed E-state index contributed by atoms with van der Waals surface area (Å²) in [5.41, 5.74) is 1.61. The van der Waals surface area contributed by atoms with Crippen LogP contribution in [-0.2, 0) is 28.7 Å². The second-order valence-corrected chi connectivity index (χ2v) is 12.1. The fraction of sp³-hybridized carbons (Fsp3) is 0.375. The number of carbonyl (C=O) groups is 2. The van der Waals surface area contributed by atoms with Crippen molar-refractivity contribution >= 4 is 46.6 Å². The number of ether oxygens (including phenoxy) is 1. The van der Waals surface area contributed by atoms with Crippen LogP contribution in [-0.4, -0.2) is 85.9 Å². The molecule has 1 saturated heterocycles. The number of fused-ring (bicyclic) bond motifs is 3. The molecule has 3 aromatic heterocycles. The summed E-state index contributed by atoms with van der Waals surface area (Å²) >= 11 is 5.49. The number of carbonyl (C=O) groups excluding carboxylic acids is 2. The number of hydrogen-bond donors (Lipinski definition) is 2. The molecule has 13 nitrogen and oxygen atoms in total. The summed E-state index contributed by atoms with van der Waals surface area (Å²) in [4.78, 5) is 48.9. The number of hydrogen-bond acceptors (Lipinski definition) is 9. The van der Waals surface area contributed by atoms with E-state index in [-0.39, 0.29) is 22.0 Å². The van der Waals surface area contributed by atoms with Gasteiger partial charge in [-0.05, 0) is 56.0 Å². The third kappa shape index (κ3) is 6.87. The van der Waals surface area contributed by atoms with E-state index in [4.69, 9.17) is 21.3 Å². The van der Waals surface area contributed by atoms with Crippen LogP contribution in [0.1, 0.15) is 46.1 Å². The van der Waals surface area contributed by atoms with Crippen LogP contribution >= 0.6 is 11.6 Å². The second-order valence-electron chi connectivity index (χ2n) is 11.7. The summed E-state index contributed by atoms with van der Waals surface area (Å²) in [7, 11) is 0. The van der Waals surface area contributed by atoms with Gasteiger partial charge in [0.2, 0.25) is 12.2 Å². The molecule has 2 amide bonds. The van der Waals surface area contributed by atoms with E-state index in [1.807, 2.05) is 11.0 Å². The fourth-order valence-electron chi connectivity index (χ4n) is 6.09. The Morgan fingerprint density at radius 3 is 2.52 bits per heavy atom. The monoisotopic (exact) mass is 718 g/mol. The summed E-state index contributed by atoms with van der Waals surface area (Å²) in [6.45, 7) is 4.88. The molecule has 0 saturated carbocycles. The van der Waals surface area contributed by atoms with Crippen LogP contribution in [0.5, 0.6) is 5.75 Å². The Kier molecular flexibility index (Phi) is 9.80. The normalized spacial score (nSPS) is 16.1. The van der Waals surface area contributed by atoms with Gasteiger partial charge in [-0.15, -0.1) is 5.10 Å². The molecule has 18 heteroatoms. The maximum absolute atomic E-state index is 13.9. The number of rotatable bonds is 5. The van der Waals surface area contributed by atoms with Crippen molar-refractivity contribution in [2.45, 2.75) is 38.9 Å². The van der Waals surface area contributed by atoms with Crippen LogP contribution < -0.4 is 15.8 Å². The smallest absolute Gasteiger partial charge is 0.416 e. The molecule has 50 heavy (non-hydrogen) atoms. The van der Waals surface area contributed by atoms with Gasteiger partial charge >= 0.3 is 6.18 Å². The largest absolute Gasteiger partial charge is 0.503 e. The highest BCUT2D eigenvalue weighted by atomic mass is 35.5. The van der Waals surface area contributed by atoms with Crippen molar-refractivity contribution in [3.8, 4) is 5.75 Å². The van der Waals surface area contributed by atoms with Crippen molar-refractivity contribution in [3.05, 3.63) is 80.0 Å². The number of benzene rings is 1. The van der Waals surface area contributed by atoms with Gasteiger partial charge in [0.15, 0.2) is 23.1 Å². The summed E-state index contributed by atoms with van der Waals surface area (Å²) in [5, 5.41) is 16.6. The molecule has 4 aromatic rings. The molecule has 0 unspecified atom stereocenters. The van der Waals surface area contributed by atoms with Gasteiger partial charge < -0.3 is 29.5 Å². The zero-order valence-electron chi connectivity index (χ0n) is 26.6. The molecule has 0 atom stereocenters. The highest BCUT2D eigenvalue weighted by Crippen LogP contribution is 2.34. The molecule has 3 aliphatic heterocycles. The van der Waals surface area contributed by atoms with Gasteiger partial charge in [-0.2, -0.15) is 22.7 Å². The number of pyridine rings is 1. The van der Waals surface area contributed by atoms with Crippen molar-refractivity contribution in [1.29, 1.82) is 0 Å². The van der Waals surface area contributed by atoms with E-state index in [9.17, 15) is 37.1 Å². The van der Waals surface area contributed by atoms with E-state index in [1.54, 1.807) is 6.92 Å². The van der Waals surface area contributed by atoms with Crippen molar-refractivity contribution < 1.29 is 37.0 Å². The lowest BCUT2D eigenvalue weighted by Gasteiger charge is -2.36. The van der Waals surface area contributed by atoms with E-state index in [0.717, 1.165) is 54.9 Å². The Hall–Kier alpha value is -5.03. The first-order valence-electron chi connectivity index (χ1n) is 15.6. The number of amides is 2. The zero-order chi connectivity index (χ0) is 35.7. The number of nitrogens with one attached hydrogen (secondary N) is 1. The predicted molar refractivity (Wildman–Crippen MR) is 174 cm³/mol. The van der Waals surface area contributed by atoms with Crippen molar-refractivity contribution in [3.63, 3.8) is 0 Å². The van der Waals surface area contributed by atoms with Crippen molar-refractivity contribution in [2.24, 2.45) is 0 Å². The van der Waals surface area contributed by atoms with Crippen LogP contribution in [0.25, 0.3) is 11.4 Å². The highest BCUT2D eigenvalue weighted by Gasteiger charge is 2.33. The number of aromatic hydroxyl groups is 1. The van der Waals surface area contributed by atoms with Gasteiger partial charge in [-0.3, -0.25) is 14.4 Å². The molecule has 0 bridgehead atoms. The summed E-state index contributed by atoms with van der Waals surface area (Å²) in [6.07, 6.45) is 0.248. The Bertz CT molecular complexity index is 2060. The average Bonchev–Trinajstić information content (AvgIpc) is 3.76. The molecule has 0 radical (unpaired) electrons. The Labute approximate surface area is 286 Å². The van der Waals surface area contributed by atoms with Gasteiger partial charge in [-0.1, -0.05) is 17.7 Å². The predicted octanol–water partition coefficient (Wildman–Crippen LogP) is 4.08. The third-order valence-corrected chi connectivity index (χ3v) is 8.85. The number of halogens is 5. The van der Waals surface area contributed by atoms with Crippen LogP contribution in [0.2, 0.25) is 5.02 Å². The molecule has 0 aliphatic carbocycles. The Morgan fingerprint density at radius 1 is 1.10 bits per heavy atom. The minimum Gasteiger partial charge on any atom is -0.503 e. The van der Waals surface area contributed by atoms with Crippen LogP contribution in [0.15, 0.2) is 35.1 Å². The first-order valence-corrected chi connectivity index (χ1v) is 16.0. The van der Waals surface area contributed by atoms with Crippen LogP contribution in [0.3, 0.4) is 0 Å². The quantitative estimate of drug-likeness (QED) is 0.230. The summed E-state index contributed by atoms with van der Waals surface area (Å²) in [6, 6.07) is 3.78. The van der Waals surface area contributed by atoms with E-state index in [1.165, 1.54) is 9.42 Å². The number of nitrogens with zero attached hydrogens (tertiary/aromatic N) is 7. The molecular formula is C32H31ClF4N8O5. The molecule has 1 aromatic carbocycles. The molecule has 1 fully saturated rings. The number of aromatic nitrogens is 5. The average molecular weight is 719 g/mol. The first kappa shape index (κ1) is 34.8. The number of anilines is 2. The molecule has 6 heterocycles. The Balaban J connectivity index is 0.000000261. The topological polar surface area (TPSA) is 147 Å². The molecular weight excluding hydrogens is 688 g/mol. The van der Waals surface area contributed by atoms with Gasteiger partial charge in [0.05, 0.1) is 35.2 Å². The molecule has 0 spiro atoms. The maximum atomic E-state index is 13.9. The summed E-state index contributed by atoms with van der Waals surface area (Å²) < 4.78 is 59.2. The maximum Gasteiger partial charge on any atom is 0.416 e. The van der Waals surface area contributed by atoms with E-state index < -0.39 is 29.2 Å². The summed E-state index contributed by atoms with van der Waals surface area (Å²) in [5.74, 6) is -1.03. The van der Waals surface area contributed by atoms with Gasteiger partial charge in [0.1, 0.15) is 5.69 Å². The highest BCUT2D eigenvalue weighted by molar-refractivity contribution is 6.33. The molecule has 2 N–H and O–H groups in total. The first-order chi connectivity index (χ1) is 23.9. The molecule has 264 valence electrons.